The molecule has 1 aromatic heterocycles. The van der Waals surface area contributed by atoms with Gasteiger partial charge in [-0.3, -0.25) is 4.79 Å². The Kier molecular flexibility index (Phi) is 2.64. The molecule has 0 aromatic carbocycles. The maximum Gasteiger partial charge on any atom is 0.273 e. The third-order valence-electron chi connectivity index (χ3n) is 2.62. The zero-order valence-corrected chi connectivity index (χ0v) is 8.88. The molecule has 15 heavy (non-hydrogen) atoms. The lowest BCUT2D eigenvalue weighted by molar-refractivity contribution is 0.0915. The molecule has 1 saturated carbocycles. The fraction of sp³-hybridized carbons (Fsp3) is 0.556. The van der Waals surface area contributed by atoms with E-state index in [1.54, 1.807) is 5.38 Å². The van der Waals surface area contributed by atoms with Gasteiger partial charge in [0, 0.05) is 5.38 Å². The molecular formula is C9H10N4OS. The van der Waals surface area contributed by atoms with Crippen molar-refractivity contribution in [2.45, 2.75) is 31.2 Å². The summed E-state index contributed by atoms with van der Waals surface area (Å²) in [6, 6.07) is 2.19. The standard InChI is InChI=1S/C9H10N4OS/c10-6-9(3-1-2-4-9)11-8(14)7-5-15-13-12-7/h5H,1-4H2,(H,11,14). The summed E-state index contributed by atoms with van der Waals surface area (Å²) in [5.41, 5.74) is -0.387. The molecule has 1 aliphatic carbocycles. The summed E-state index contributed by atoms with van der Waals surface area (Å²) in [5.74, 6) is -0.299. The number of nitrogens with one attached hydrogen (secondary N) is 1. The number of nitrogens with zero attached hydrogens (tertiary/aromatic N) is 3. The van der Waals surface area contributed by atoms with Gasteiger partial charge in [0.1, 0.15) is 5.54 Å². The van der Waals surface area contributed by atoms with Crippen molar-refractivity contribution in [3.8, 4) is 6.07 Å². The average Bonchev–Trinajstić information content (AvgIpc) is 2.88. The Morgan fingerprint density at radius 1 is 1.60 bits per heavy atom. The molecule has 5 nitrogen and oxygen atoms in total. The van der Waals surface area contributed by atoms with Gasteiger partial charge in [0.25, 0.3) is 5.91 Å². The van der Waals surface area contributed by atoms with Gasteiger partial charge in [-0.15, -0.1) is 5.10 Å². The van der Waals surface area contributed by atoms with Crippen LogP contribution in [0.2, 0.25) is 0 Å². The minimum atomic E-state index is -0.680. The van der Waals surface area contributed by atoms with E-state index in [2.05, 4.69) is 21.0 Å². The maximum atomic E-state index is 11.7. The fourth-order valence-corrected chi connectivity index (χ4v) is 2.22. The van der Waals surface area contributed by atoms with Crippen molar-refractivity contribution in [3.63, 3.8) is 0 Å². The Balaban J connectivity index is 2.08. The van der Waals surface area contributed by atoms with E-state index in [-0.39, 0.29) is 5.91 Å². The van der Waals surface area contributed by atoms with Gasteiger partial charge in [0.15, 0.2) is 5.69 Å². The Morgan fingerprint density at radius 3 is 2.87 bits per heavy atom. The van der Waals surface area contributed by atoms with Crippen LogP contribution in [0.1, 0.15) is 36.2 Å². The van der Waals surface area contributed by atoms with E-state index in [0.717, 1.165) is 37.2 Å². The summed E-state index contributed by atoms with van der Waals surface area (Å²) >= 11 is 1.13. The van der Waals surface area contributed by atoms with Gasteiger partial charge >= 0.3 is 0 Å². The van der Waals surface area contributed by atoms with Gasteiger partial charge in [-0.2, -0.15) is 5.26 Å². The summed E-state index contributed by atoms with van der Waals surface area (Å²) in [7, 11) is 0. The molecule has 0 bridgehead atoms. The number of hydrogen-bond acceptors (Lipinski definition) is 5. The molecule has 78 valence electrons. The summed E-state index contributed by atoms with van der Waals surface area (Å²) in [6.45, 7) is 0. The Morgan fingerprint density at radius 2 is 2.33 bits per heavy atom. The van der Waals surface area contributed by atoms with E-state index in [4.69, 9.17) is 5.26 Å². The summed E-state index contributed by atoms with van der Waals surface area (Å²) in [5, 5.41) is 17.1. The molecule has 1 heterocycles. The van der Waals surface area contributed by atoms with Crippen LogP contribution in [0.25, 0.3) is 0 Å². The van der Waals surface area contributed by atoms with E-state index in [1.807, 2.05) is 0 Å². The average molecular weight is 222 g/mol. The second-order valence-electron chi connectivity index (χ2n) is 3.65. The highest BCUT2D eigenvalue weighted by Crippen LogP contribution is 2.29. The number of carbonyl (C=O) groups is 1. The van der Waals surface area contributed by atoms with E-state index >= 15 is 0 Å². The minimum absolute atomic E-state index is 0.293. The number of nitriles is 1. The smallest absolute Gasteiger partial charge is 0.273 e. The molecule has 1 N–H and O–H groups in total. The van der Waals surface area contributed by atoms with Gasteiger partial charge in [0.2, 0.25) is 0 Å². The normalized spacial score (nSPS) is 18.3. The molecule has 0 aliphatic heterocycles. The number of aromatic nitrogens is 2. The number of amides is 1. The molecular weight excluding hydrogens is 212 g/mol. The van der Waals surface area contributed by atoms with Crippen molar-refractivity contribution in [3.05, 3.63) is 11.1 Å². The zero-order chi connectivity index (χ0) is 10.7. The maximum absolute atomic E-state index is 11.7. The first-order chi connectivity index (χ1) is 7.26. The molecule has 0 atom stereocenters. The van der Waals surface area contributed by atoms with E-state index in [9.17, 15) is 4.79 Å². The van der Waals surface area contributed by atoms with Crippen molar-refractivity contribution < 1.29 is 4.79 Å². The first-order valence-corrected chi connectivity index (χ1v) is 5.60. The van der Waals surface area contributed by atoms with Crippen molar-refractivity contribution in [2.24, 2.45) is 0 Å². The second-order valence-corrected chi connectivity index (χ2v) is 4.26. The molecule has 6 heteroatoms. The van der Waals surface area contributed by atoms with Crippen LogP contribution in [0.4, 0.5) is 0 Å². The van der Waals surface area contributed by atoms with Crippen LogP contribution in [0.5, 0.6) is 0 Å². The molecule has 0 radical (unpaired) electrons. The quantitative estimate of drug-likeness (QED) is 0.812. The highest BCUT2D eigenvalue weighted by atomic mass is 32.1. The fourth-order valence-electron chi connectivity index (χ4n) is 1.79. The van der Waals surface area contributed by atoms with Crippen LogP contribution in [0.3, 0.4) is 0 Å². The van der Waals surface area contributed by atoms with Crippen LogP contribution >= 0.6 is 11.5 Å². The van der Waals surface area contributed by atoms with Crippen LogP contribution in [0.15, 0.2) is 5.38 Å². The monoisotopic (exact) mass is 222 g/mol. The van der Waals surface area contributed by atoms with Crippen molar-refractivity contribution in [1.29, 1.82) is 5.26 Å². The number of hydrogen-bond donors (Lipinski definition) is 1. The zero-order valence-electron chi connectivity index (χ0n) is 8.06. The van der Waals surface area contributed by atoms with E-state index in [1.165, 1.54) is 0 Å². The summed E-state index contributed by atoms with van der Waals surface area (Å²) in [4.78, 5) is 11.7. The minimum Gasteiger partial charge on any atom is -0.332 e. The number of rotatable bonds is 2. The van der Waals surface area contributed by atoms with E-state index in [0.29, 0.717) is 5.69 Å². The Labute approximate surface area is 91.3 Å². The largest absolute Gasteiger partial charge is 0.332 e. The lowest BCUT2D eigenvalue weighted by Gasteiger charge is -2.20. The van der Waals surface area contributed by atoms with Crippen molar-refractivity contribution in [2.75, 3.05) is 0 Å². The summed E-state index contributed by atoms with van der Waals surface area (Å²) < 4.78 is 3.61. The Hall–Kier alpha value is -1.48. The first kappa shape index (κ1) is 10.1. The highest BCUT2D eigenvalue weighted by molar-refractivity contribution is 7.03. The lowest BCUT2D eigenvalue weighted by atomic mass is 10.00. The topological polar surface area (TPSA) is 78.7 Å². The van der Waals surface area contributed by atoms with Crippen molar-refractivity contribution in [1.82, 2.24) is 14.9 Å². The number of carbonyl (C=O) groups excluding carboxylic acids is 1. The van der Waals surface area contributed by atoms with Crippen LogP contribution < -0.4 is 5.32 Å². The molecule has 0 spiro atoms. The molecule has 1 amide bonds. The molecule has 1 aromatic rings. The first-order valence-electron chi connectivity index (χ1n) is 4.77. The Bertz CT molecular complexity index is 389. The van der Waals surface area contributed by atoms with Gasteiger partial charge in [0.05, 0.1) is 6.07 Å². The van der Waals surface area contributed by atoms with Gasteiger partial charge in [-0.05, 0) is 37.2 Å². The second kappa shape index (κ2) is 3.95. The molecule has 1 fully saturated rings. The highest BCUT2D eigenvalue weighted by Gasteiger charge is 2.35. The van der Waals surface area contributed by atoms with E-state index < -0.39 is 5.54 Å². The van der Waals surface area contributed by atoms with Crippen LogP contribution in [0, 0.1) is 11.3 Å². The van der Waals surface area contributed by atoms with Crippen LogP contribution in [-0.4, -0.2) is 21.0 Å². The van der Waals surface area contributed by atoms with Gasteiger partial charge < -0.3 is 5.32 Å². The SMILES string of the molecule is N#CC1(NC(=O)c2csnn2)CCCC1. The third-order valence-corrected chi connectivity index (χ3v) is 3.12. The molecule has 0 saturated heterocycles. The van der Waals surface area contributed by atoms with Crippen molar-refractivity contribution >= 4 is 17.4 Å². The molecule has 2 rings (SSSR count). The predicted molar refractivity (Wildman–Crippen MR) is 54.2 cm³/mol. The molecule has 1 aliphatic rings. The van der Waals surface area contributed by atoms with Gasteiger partial charge in [-0.25, -0.2) is 0 Å². The third kappa shape index (κ3) is 1.97. The van der Waals surface area contributed by atoms with Gasteiger partial charge in [-0.1, -0.05) is 4.49 Å². The summed E-state index contributed by atoms with van der Waals surface area (Å²) in [6.07, 6.45) is 3.44. The lowest BCUT2D eigenvalue weighted by Crippen LogP contribution is -2.45. The molecule has 0 unspecified atom stereocenters. The predicted octanol–water partition coefficient (Wildman–Crippen LogP) is 1.10. The van der Waals surface area contributed by atoms with Crippen LogP contribution in [-0.2, 0) is 0 Å².